The summed E-state index contributed by atoms with van der Waals surface area (Å²) in [5.74, 6) is 0. The van der Waals surface area contributed by atoms with E-state index in [0.29, 0.717) is 12.1 Å². The highest BCUT2D eigenvalue weighted by atomic mass is 79.9. The number of nitriles is 1. The molecule has 25 heavy (non-hydrogen) atoms. The summed E-state index contributed by atoms with van der Waals surface area (Å²) in [6.07, 6.45) is 3.80. The summed E-state index contributed by atoms with van der Waals surface area (Å²) in [4.78, 5) is 14.1. The second kappa shape index (κ2) is 6.56. The van der Waals surface area contributed by atoms with E-state index in [1.54, 1.807) is 10.7 Å². The van der Waals surface area contributed by atoms with Gasteiger partial charge in [-0.25, -0.2) is 9.31 Å². The number of pyridine rings is 1. The van der Waals surface area contributed by atoms with E-state index in [2.05, 4.69) is 37.3 Å². The Labute approximate surface area is 154 Å². The van der Waals surface area contributed by atoms with Gasteiger partial charge in [-0.15, -0.1) is 0 Å². The van der Waals surface area contributed by atoms with Gasteiger partial charge in [0.2, 0.25) is 0 Å². The van der Waals surface area contributed by atoms with E-state index in [1.165, 1.54) is 0 Å². The number of amides is 1. The first-order valence-electron chi connectivity index (χ1n) is 8.08. The molecule has 1 saturated heterocycles. The van der Waals surface area contributed by atoms with Crippen molar-refractivity contribution >= 4 is 33.2 Å². The molecule has 0 aromatic carbocycles. The Balaban J connectivity index is 1.79. The number of nitrogens with one attached hydrogen (secondary N) is 1. The van der Waals surface area contributed by atoms with E-state index in [1.807, 2.05) is 33.0 Å². The van der Waals surface area contributed by atoms with Crippen LogP contribution in [-0.4, -0.2) is 40.4 Å². The zero-order valence-electron chi connectivity index (χ0n) is 14.4. The van der Waals surface area contributed by atoms with Crippen LogP contribution in [0.2, 0.25) is 0 Å². The Kier molecular flexibility index (Phi) is 4.60. The molecule has 1 aliphatic heterocycles. The minimum absolute atomic E-state index is 0.00217. The lowest BCUT2D eigenvalue weighted by atomic mass is 10.2. The van der Waals surface area contributed by atoms with Gasteiger partial charge in [-0.2, -0.15) is 10.4 Å². The highest BCUT2D eigenvalue weighted by Crippen LogP contribution is 2.30. The van der Waals surface area contributed by atoms with Crippen LogP contribution in [0.1, 0.15) is 32.8 Å². The molecule has 0 bridgehead atoms. The number of ether oxygens (including phenoxy) is 1. The molecule has 0 radical (unpaired) electrons. The molecule has 0 saturated carbocycles. The summed E-state index contributed by atoms with van der Waals surface area (Å²) in [5.41, 5.74) is 1.73. The number of carbonyl (C=O) groups excluding carboxylic acids is 1. The molecule has 0 unspecified atom stereocenters. The highest BCUT2D eigenvalue weighted by molar-refractivity contribution is 9.10. The number of halogens is 1. The number of hydrogen-bond acceptors (Lipinski definition) is 5. The number of nitrogens with zero attached hydrogens (tertiary/aromatic N) is 4. The van der Waals surface area contributed by atoms with Gasteiger partial charge >= 0.3 is 6.09 Å². The molecule has 2 aromatic heterocycles. The van der Waals surface area contributed by atoms with Crippen molar-refractivity contribution in [1.82, 2.24) is 14.9 Å². The molecule has 0 spiro atoms. The molecular weight excluding hydrogens is 386 g/mol. The quantitative estimate of drug-likeness (QED) is 0.829. The van der Waals surface area contributed by atoms with E-state index >= 15 is 0 Å². The summed E-state index contributed by atoms with van der Waals surface area (Å²) in [6.45, 7) is 6.96. The summed E-state index contributed by atoms with van der Waals surface area (Å²) in [5, 5.41) is 16.5. The molecule has 1 atom stereocenters. The Morgan fingerprint density at radius 1 is 1.52 bits per heavy atom. The van der Waals surface area contributed by atoms with Crippen LogP contribution >= 0.6 is 15.9 Å². The SMILES string of the molecule is CC(C)(C)OC(=O)N[C@H]1CCN(c2cc(Br)cn3ncc(C#N)c23)C1. The number of carbonyl (C=O) groups is 1. The second-order valence-electron chi connectivity index (χ2n) is 7.08. The molecule has 3 rings (SSSR count). The van der Waals surface area contributed by atoms with E-state index < -0.39 is 11.7 Å². The minimum Gasteiger partial charge on any atom is -0.444 e. The van der Waals surface area contributed by atoms with Gasteiger partial charge in [-0.1, -0.05) is 0 Å². The van der Waals surface area contributed by atoms with Gasteiger partial charge in [-0.3, -0.25) is 0 Å². The third-order valence-electron chi connectivity index (χ3n) is 3.93. The monoisotopic (exact) mass is 405 g/mol. The molecule has 1 N–H and O–H groups in total. The zero-order valence-corrected chi connectivity index (χ0v) is 16.0. The molecule has 7 nitrogen and oxygen atoms in total. The van der Waals surface area contributed by atoms with Gasteiger partial charge in [0, 0.05) is 23.8 Å². The van der Waals surface area contributed by atoms with Crippen molar-refractivity contribution in [2.75, 3.05) is 18.0 Å². The molecule has 3 heterocycles. The van der Waals surface area contributed by atoms with Crippen LogP contribution in [0, 0.1) is 11.3 Å². The predicted octanol–water partition coefficient (Wildman–Crippen LogP) is 3.07. The predicted molar refractivity (Wildman–Crippen MR) is 97.6 cm³/mol. The van der Waals surface area contributed by atoms with Crippen molar-refractivity contribution < 1.29 is 9.53 Å². The Morgan fingerprint density at radius 2 is 2.28 bits per heavy atom. The van der Waals surface area contributed by atoms with Crippen molar-refractivity contribution in [3.8, 4) is 6.07 Å². The van der Waals surface area contributed by atoms with Crippen molar-refractivity contribution in [1.29, 1.82) is 5.26 Å². The zero-order chi connectivity index (χ0) is 18.2. The first-order chi connectivity index (χ1) is 11.8. The summed E-state index contributed by atoms with van der Waals surface area (Å²) in [6, 6.07) is 4.17. The van der Waals surface area contributed by atoms with E-state index in [-0.39, 0.29) is 6.04 Å². The van der Waals surface area contributed by atoms with E-state index in [0.717, 1.165) is 28.6 Å². The Bertz CT molecular complexity index is 849. The van der Waals surface area contributed by atoms with E-state index in [4.69, 9.17) is 4.74 Å². The number of aromatic nitrogens is 2. The smallest absolute Gasteiger partial charge is 0.407 e. The first kappa shape index (κ1) is 17.5. The lowest BCUT2D eigenvalue weighted by Crippen LogP contribution is -2.40. The lowest BCUT2D eigenvalue weighted by molar-refractivity contribution is 0.0509. The van der Waals surface area contributed by atoms with Crippen LogP contribution in [0.3, 0.4) is 0 Å². The maximum absolute atomic E-state index is 12.0. The van der Waals surface area contributed by atoms with Gasteiger partial charge in [0.1, 0.15) is 17.2 Å². The topological polar surface area (TPSA) is 82.7 Å². The van der Waals surface area contributed by atoms with Crippen LogP contribution in [0.5, 0.6) is 0 Å². The number of anilines is 1. The fourth-order valence-electron chi connectivity index (χ4n) is 2.96. The number of hydrogen-bond donors (Lipinski definition) is 1. The molecule has 1 amide bonds. The molecule has 1 aliphatic rings. The van der Waals surface area contributed by atoms with Gasteiger partial charge in [0.25, 0.3) is 0 Å². The molecule has 132 valence electrons. The third-order valence-corrected chi connectivity index (χ3v) is 4.36. The normalized spacial score (nSPS) is 17.6. The molecule has 1 fully saturated rings. The van der Waals surface area contributed by atoms with E-state index in [9.17, 15) is 10.1 Å². The van der Waals surface area contributed by atoms with Crippen molar-refractivity contribution in [3.05, 3.63) is 28.5 Å². The summed E-state index contributed by atoms with van der Waals surface area (Å²) >= 11 is 3.49. The highest BCUT2D eigenvalue weighted by Gasteiger charge is 2.28. The van der Waals surface area contributed by atoms with Gasteiger partial charge in [0.15, 0.2) is 0 Å². The van der Waals surface area contributed by atoms with Crippen molar-refractivity contribution in [2.24, 2.45) is 0 Å². The molecular formula is C17H20BrN5O2. The third kappa shape index (κ3) is 3.87. The van der Waals surface area contributed by atoms with Crippen LogP contribution < -0.4 is 10.2 Å². The summed E-state index contributed by atoms with van der Waals surface area (Å²) in [7, 11) is 0. The van der Waals surface area contributed by atoms with Crippen molar-refractivity contribution in [2.45, 2.75) is 38.8 Å². The average molecular weight is 406 g/mol. The molecule has 2 aromatic rings. The number of alkyl carbamates (subject to hydrolysis) is 1. The van der Waals surface area contributed by atoms with Gasteiger partial charge in [-0.05, 0) is 49.2 Å². The van der Waals surface area contributed by atoms with Crippen LogP contribution in [0.15, 0.2) is 22.9 Å². The standard InChI is InChI=1S/C17H20BrN5O2/c1-17(2,3)25-16(24)21-13-4-5-22(10-13)14-6-12(18)9-23-15(14)11(7-19)8-20-23/h6,8-9,13H,4-5,10H2,1-3H3,(H,21,24)/t13-/m0/s1. The van der Waals surface area contributed by atoms with Gasteiger partial charge in [0.05, 0.1) is 23.5 Å². The maximum atomic E-state index is 12.0. The largest absolute Gasteiger partial charge is 0.444 e. The fourth-order valence-corrected chi connectivity index (χ4v) is 3.37. The van der Waals surface area contributed by atoms with Crippen LogP contribution in [-0.2, 0) is 4.74 Å². The van der Waals surface area contributed by atoms with Crippen molar-refractivity contribution in [3.63, 3.8) is 0 Å². The van der Waals surface area contributed by atoms with Crippen LogP contribution in [0.25, 0.3) is 5.52 Å². The van der Waals surface area contributed by atoms with Crippen LogP contribution in [0.4, 0.5) is 10.5 Å². The summed E-state index contributed by atoms with van der Waals surface area (Å²) < 4.78 is 7.90. The first-order valence-corrected chi connectivity index (χ1v) is 8.87. The number of rotatable bonds is 2. The fraction of sp³-hybridized carbons (Fsp3) is 0.471. The Hall–Kier alpha value is -2.27. The maximum Gasteiger partial charge on any atom is 0.407 e. The molecule has 0 aliphatic carbocycles. The Morgan fingerprint density at radius 3 is 2.96 bits per heavy atom. The number of fused-ring (bicyclic) bond motifs is 1. The van der Waals surface area contributed by atoms with Gasteiger partial charge < -0.3 is 15.0 Å². The minimum atomic E-state index is -0.516. The second-order valence-corrected chi connectivity index (χ2v) is 8.00. The molecule has 8 heteroatoms. The lowest BCUT2D eigenvalue weighted by Gasteiger charge is -2.23. The average Bonchev–Trinajstić information content (AvgIpc) is 3.10.